The highest BCUT2D eigenvalue weighted by molar-refractivity contribution is 5.96. The molecule has 0 saturated heterocycles. The van der Waals surface area contributed by atoms with Crippen molar-refractivity contribution in [3.05, 3.63) is 94.5 Å². The number of aromatic nitrogens is 2. The summed E-state index contributed by atoms with van der Waals surface area (Å²) >= 11 is 0. The third-order valence-electron chi connectivity index (χ3n) is 5.46. The van der Waals surface area contributed by atoms with Crippen LogP contribution in [0, 0.1) is 0 Å². The minimum Gasteiger partial charge on any atom is -0.489 e. The second-order valence-electron chi connectivity index (χ2n) is 7.61. The molecule has 1 aliphatic rings. The molecule has 1 aliphatic heterocycles. The van der Waals surface area contributed by atoms with Gasteiger partial charge in [0, 0.05) is 29.0 Å². The lowest BCUT2D eigenvalue weighted by Crippen LogP contribution is -2.28. The number of hydrogen-bond donors (Lipinski definition) is 2. The van der Waals surface area contributed by atoms with Crippen LogP contribution >= 0.6 is 0 Å². The van der Waals surface area contributed by atoms with Gasteiger partial charge in [-0.15, -0.1) is 10.2 Å². The highest BCUT2D eigenvalue weighted by atomic mass is 16.5. The average molecular weight is 431 g/mol. The predicted molar refractivity (Wildman–Crippen MR) is 120 cm³/mol. The number of allylic oxidation sites excluding steroid dienone is 3. The Labute approximate surface area is 186 Å². The van der Waals surface area contributed by atoms with Crippen LogP contribution in [-0.2, 0) is 17.8 Å². The summed E-state index contributed by atoms with van der Waals surface area (Å²) in [5.41, 5.74) is 3.94. The zero-order valence-electron chi connectivity index (χ0n) is 18.3. The first-order valence-corrected chi connectivity index (χ1v) is 10.5. The Morgan fingerprint density at radius 3 is 2.47 bits per heavy atom. The molecule has 0 aliphatic carbocycles. The third kappa shape index (κ3) is 4.14. The van der Waals surface area contributed by atoms with Crippen molar-refractivity contribution >= 4 is 11.5 Å². The smallest absolute Gasteiger partial charge is 0.334 e. The van der Waals surface area contributed by atoms with Gasteiger partial charge in [-0.2, -0.15) is 0 Å². The van der Waals surface area contributed by atoms with E-state index in [1.165, 1.54) is 0 Å². The first-order chi connectivity index (χ1) is 15.5. The van der Waals surface area contributed by atoms with Crippen molar-refractivity contribution in [3.8, 4) is 5.75 Å². The molecule has 164 valence electrons. The van der Waals surface area contributed by atoms with Gasteiger partial charge in [-0.25, -0.2) is 4.79 Å². The molecule has 0 spiro atoms. The van der Waals surface area contributed by atoms with E-state index in [2.05, 4.69) is 15.5 Å². The number of ether oxygens (including phenoxy) is 1. The lowest BCUT2D eigenvalue weighted by molar-refractivity contribution is -0.132. The second-order valence-corrected chi connectivity index (χ2v) is 7.61. The minimum absolute atomic E-state index is 0.220. The summed E-state index contributed by atoms with van der Waals surface area (Å²) < 4.78 is 12.0. The molecular weight excluding hydrogens is 406 g/mol. The van der Waals surface area contributed by atoms with E-state index in [4.69, 9.17) is 9.15 Å². The molecule has 3 aromatic rings. The number of rotatable bonds is 7. The van der Waals surface area contributed by atoms with Crippen LogP contribution in [0.3, 0.4) is 0 Å². The average Bonchev–Trinajstić information content (AvgIpc) is 3.26. The van der Waals surface area contributed by atoms with Gasteiger partial charge in [0.15, 0.2) is 0 Å². The summed E-state index contributed by atoms with van der Waals surface area (Å²) in [6.07, 6.45) is 0.592. The van der Waals surface area contributed by atoms with Gasteiger partial charge in [0.25, 0.3) is 0 Å². The number of para-hydroxylation sites is 1. The first-order valence-electron chi connectivity index (χ1n) is 10.5. The fourth-order valence-electron chi connectivity index (χ4n) is 3.96. The van der Waals surface area contributed by atoms with Gasteiger partial charge in [0.05, 0.1) is 11.5 Å². The van der Waals surface area contributed by atoms with Gasteiger partial charge in [-0.05, 0) is 25.5 Å². The molecule has 0 radical (unpaired) electrons. The summed E-state index contributed by atoms with van der Waals surface area (Å²) in [5, 5.41) is 21.6. The van der Waals surface area contributed by atoms with Crippen molar-refractivity contribution < 1.29 is 19.1 Å². The van der Waals surface area contributed by atoms with Crippen LogP contribution in [-0.4, -0.2) is 21.3 Å². The lowest BCUT2D eigenvalue weighted by atomic mass is 9.80. The molecule has 2 N–H and O–H groups in total. The molecule has 1 unspecified atom stereocenters. The van der Waals surface area contributed by atoms with Crippen LogP contribution in [0.2, 0.25) is 0 Å². The largest absolute Gasteiger partial charge is 0.489 e. The van der Waals surface area contributed by atoms with Crippen LogP contribution in [0.4, 0.5) is 0 Å². The van der Waals surface area contributed by atoms with E-state index in [0.29, 0.717) is 41.8 Å². The highest BCUT2D eigenvalue weighted by Crippen LogP contribution is 2.45. The highest BCUT2D eigenvalue weighted by Gasteiger charge is 2.37. The van der Waals surface area contributed by atoms with Crippen LogP contribution in [0.5, 0.6) is 5.75 Å². The number of aryl methyl sites for hydroxylation is 1. The number of dihydropyridines is 1. The van der Waals surface area contributed by atoms with Crippen molar-refractivity contribution in [1.29, 1.82) is 0 Å². The van der Waals surface area contributed by atoms with E-state index in [0.717, 1.165) is 16.8 Å². The normalized spacial score (nSPS) is 16.2. The zero-order valence-corrected chi connectivity index (χ0v) is 18.3. The standard InChI is InChI=1S/C25H25N3O4/c1-4-20-27-28-24(32-20)21-15(2)26-16(3)22(25(29)30)23(21)18-12-8-9-13-19(18)31-14-17-10-6-5-7-11-17/h5-13,23,26H,4,14H2,1-3H3,(H,29,30). The molecule has 1 atom stereocenters. The first kappa shape index (κ1) is 21.4. The number of carboxylic acid groups (broad SMARTS) is 1. The molecule has 0 bridgehead atoms. The number of carbonyl (C=O) groups is 1. The Hall–Kier alpha value is -3.87. The number of benzene rings is 2. The Balaban J connectivity index is 1.82. The molecule has 2 aromatic carbocycles. The Morgan fingerprint density at radius 1 is 1.06 bits per heavy atom. The molecule has 7 nitrogen and oxygen atoms in total. The second kappa shape index (κ2) is 9.09. The van der Waals surface area contributed by atoms with Crippen LogP contribution in [0.25, 0.3) is 5.57 Å². The fourth-order valence-corrected chi connectivity index (χ4v) is 3.96. The molecule has 0 amide bonds. The minimum atomic E-state index is -1.02. The van der Waals surface area contributed by atoms with Gasteiger partial charge in [0.1, 0.15) is 12.4 Å². The van der Waals surface area contributed by atoms with Crippen molar-refractivity contribution in [1.82, 2.24) is 15.5 Å². The number of nitrogens with zero attached hydrogens (tertiary/aromatic N) is 2. The topological polar surface area (TPSA) is 97.5 Å². The van der Waals surface area contributed by atoms with Gasteiger partial charge < -0.3 is 19.6 Å². The van der Waals surface area contributed by atoms with Gasteiger partial charge in [-0.3, -0.25) is 0 Å². The van der Waals surface area contributed by atoms with Gasteiger partial charge >= 0.3 is 5.97 Å². The molecule has 4 rings (SSSR count). The van der Waals surface area contributed by atoms with E-state index in [1.807, 2.05) is 68.4 Å². The number of carboxylic acids is 1. The fraction of sp³-hybridized carbons (Fsp3) is 0.240. The summed E-state index contributed by atoms with van der Waals surface area (Å²) in [4.78, 5) is 12.4. The quantitative estimate of drug-likeness (QED) is 0.560. The van der Waals surface area contributed by atoms with Gasteiger partial charge in [-0.1, -0.05) is 55.5 Å². The van der Waals surface area contributed by atoms with E-state index in [-0.39, 0.29) is 5.57 Å². The Morgan fingerprint density at radius 2 is 1.78 bits per heavy atom. The van der Waals surface area contributed by atoms with E-state index >= 15 is 0 Å². The van der Waals surface area contributed by atoms with Crippen molar-refractivity contribution in [2.24, 2.45) is 0 Å². The maximum Gasteiger partial charge on any atom is 0.334 e. The van der Waals surface area contributed by atoms with Crippen LogP contribution in [0.15, 0.2) is 76.0 Å². The number of nitrogens with one attached hydrogen (secondary N) is 1. The van der Waals surface area contributed by atoms with Crippen molar-refractivity contribution in [2.45, 2.75) is 39.7 Å². The SMILES string of the molecule is CCc1nnc(C2=C(C)NC(C)=C(C(=O)O)C2c2ccccc2OCc2ccccc2)o1. The summed E-state index contributed by atoms with van der Waals surface area (Å²) in [6, 6.07) is 17.3. The van der Waals surface area contributed by atoms with E-state index in [9.17, 15) is 9.90 Å². The monoisotopic (exact) mass is 431 g/mol. The maximum absolute atomic E-state index is 12.4. The van der Waals surface area contributed by atoms with Gasteiger partial charge in [0.2, 0.25) is 11.8 Å². The molecular formula is C25H25N3O4. The molecule has 0 saturated carbocycles. The number of hydrogen-bond acceptors (Lipinski definition) is 6. The molecule has 0 fully saturated rings. The maximum atomic E-state index is 12.4. The third-order valence-corrected chi connectivity index (χ3v) is 5.46. The predicted octanol–water partition coefficient (Wildman–Crippen LogP) is 4.69. The number of aliphatic carboxylic acids is 1. The summed E-state index contributed by atoms with van der Waals surface area (Å²) in [6.45, 7) is 5.93. The van der Waals surface area contributed by atoms with Crippen molar-refractivity contribution in [2.75, 3.05) is 0 Å². The van der Waals surface area contributed by atoms with Crippen LogP contribution in [0.1, 0.15) is 49.6 Å². The molecule has 2 heterocycles. The molecule has 32 heavy (non-hydrogen) atoms. The summed E-state index contributed by atoms with van der Waals surface area (Å²) in [7, 11) is 0. The molecule has 1 aromatic heterocycles. The lowest BCUT2D eigenvalue weighted by Gasteiger charge is -2.30. The Bertz CT molecular complexity index is 1190. The van der Waals surface area contributed by atoms with E-state index in [1.54, 1.807) is 6.92 Å². The Kier molecular flexibility index (Phi) is 6.07. The zero-order chi connectivity index (χ0) is 22.7. The summed E-state index contributed by atoms with van der Waals surface area (Å²) in [5.74, 6) is -0.240. The molecule has 7 heteroatoms. The van der Waals surface area contributed by atoms with Crippen molar-refractivity contribution in [3.63, 3.8) is 0 Å². The van der Waals surface area contributed by atoms with E-state index < -0.39 is 11.9 Å². The van der Waals surface area contributed by atoms with Crippen LogP contribution < -0.4 is 10.1 Å².